The van der Waals surface area contributed by atoms with Crippen LogP contribution in [0.5, 0.6) is 0 Å². The Morgan fingerprint density at radius 3 is 2.48 bits per heavy atom. The third-order valence-electron chi connectivity index (χ3n) is 4.88. The van der Waals surface area contributed by atoms with Crippen molar-refractivity contribution in [1.29, 1.82) is 0 Å². The minimum absolute atomic E-state index is 0.0569. The molecule has 0 bridgehead atoms. The molecule has 1 unspecified atom stereocenters. The predicted octanol–water partition coefficient (Wildman–Crippen LogP) is 3.55. The number of rotatable bonds is 3. The number of nitrogens with one attached hydrogen (secondary N) is 1. The van der Waals surface area contributed by atoms with E-state index in [1.807, 2.05) is 0 Å². The largest absolute Gasteiger partial charge is 0.397 e. The van der Waals surface area contributed by atoms with Crippen LogP contribution < -0.4 is 16.0 Å². The number of alkyl halides is 3. The van der Waals surface area contributed by atoms with Crippen LogP contribution in [0.25, 0.3) is 0 Å². The zero-order chi connectivity index (χ0) is 21.3. The molecular formula is C20H21F3N4O2. The number of urea groups is 1. The van der Waals surface area contributed by atoms with Crippen molar-refractivity contribution in [2.24, 2.45) is 5.73 Å². The van der Waals surface area contributed by atoms with Crippen LogP contribution in [0.1, 0.15) is 27.4 Å². The second-order valence-corrected chi connectivity index (χ2v) is 7.09. The fourth-order valence-corrected chi connectivity index (χ4v) is 3.42. The normalized spacial score (nSPS) is 16.2. The first-order valence-corrected chi connectivity index (χ1v) is 8.89. The molecule has 6 nitrogen and oxygen atoms in total. The van der Waals surface area contributed by atoms with Crippen molar-refractivity contribution in [3.05, 3.63) is 59.2 Å². The van der Waals surface area contributed by atoms with Crippen LogP contribution in [0.2, 0.25) is 0 Å². The first-order chi connectivity index (χ1) is 13.6. The van der Waals surface area contributed by atoms with Crippen LogP contribution in [0.4, 0.5) is 29.3 Å². The number of nitrogens with zero attached hydrogens (tertiary/aromatic N) is 2. The number of nitrogens with two attached hydrogens (primary N) is 1. The summed E-state index contributed by atoms with van der Waals surface area (Å²) in [5, 5.41) is 2.63. The van der Waals surface area contributed by atoms with Gasteiger partial charge in [0, 0.05) is 32.7 Å². The number of benzene rings is 2. The lowest BCUT2D eigenvalue weighted by Gasteiger charge is -2.35. The van der Waals surface area contributed by atoms with E-state index >= 15 is 0 Å². The number of hydrogen-bond acceptors (Lipinski definition) is 3. The molecule has 1 aliphatic heterocycles. The SMILES string of the molecule is CN(C)c1ccc(C(N)=O)cc1NC(=O)N1Cc2ccccc2C(C(F)(F)F)C1. The second kappa shape index (κ2) is 7.65. The van der Waals surface area contributed by atoms with Crippen molar-refractivity contribution < 1.29 is 22.8 Å². The molecule has 0 aliphatic carbocycles. The Balaban J connectivity index is 1.90. The molecule has 1 atom stereocenters. The molecule has 154 valence electrons. The maximum absolute atomic E-state index is 13.6. The summed E-state index contributed by atoms with van der Waals surface area (Å²) < 4.78 is 40.7. The molecule has 29 heavy (non-hydrogen) atoms. The van der Waals surface area contributed by atoms with Crippen molar-refractivity contribution >= 4 is 23.3 Å². The van der Waals surface area contributed by atoms with Crippen LogP contribution in [-0.4, -0.2) is 43.7 Å². The van der Waals surface area contributed by atoms with Gasteiger partial charge in [-0.05, 0) is 29.3 Å². The van der Waals surface area contributed by atoms with E-state index in [1.54, 1.807) is 43.3 Å². The molecular weight excluding hydrogens is 385 g/mol. The molecule has 0 radical (unpaired) electrons. The zero-order valence-electron chi connectivity index (χ0n) is 16.0. The van der Waals surface area contributed by atoms with Gasteiger partial charge in [0.1, 0.15) is 0 Å². The third-order valence-corrected chi connectivity index (χ3v) is 4.88. The van der Waals surface area contributed by atoms with Crippen molar-refractivity contribution in [3.8, 4) is 0 Å². The number of primary amides is 1. The summed E-state index contributed by atoms with van der Waals surface area (Å²) in [7, 11) is 3.48. The lowest BCUT2D eigenvalue weighted by atomic mass is 9.89. The molecule has 3 amide bonds. The van der Waals surface area contributed by atoms with Crippen LogP contribution in [0, 0.1) is 0 Å². The molecule has 3 rings (SSSR count). The third kappa shape index (κ3) is 4.28. The predicted molar refractivity (Wildman–Crippen MR) is 104 cm³/mol. The average molecular weight is 406 g/mol. The molecule has 0 aromatic heterocycles. The summed E-state index contributed by atoms with van der Waals surface area (Å²) in [5.74, 6) is -2.43. The quantitative estimate of drug-likeness (QED) is 0.818. The Bertz CT molecular complexity index is 944. The van der Waals surface area contributed by atoms with Gasteiger partial charge in [-0.1, -0.05) is 24.3 Å². The van der Waals surface area contributed by atoms with Gasteiger partial charge < -0.3 is 20.9 Å². The van der Waals surface area contributed by atoms with Gasteiger partial charge in [0.05, 0.1) is 17.3 Å². The lowest BCUT2D eigenvalue weighted by molar-refractivity contribution is -0.155. The van der Waals surface area contributed by atoms with E-state index in [0.717, 1.165) is 4.90 Å². The number of hydrogen-bond donors (Lipinski definition) is 2. The fourth-order valence-electron chi connectivity index (χ4n) is 3.42. The molecule has 9 heteroatoms. The fraction of sp³-hybridized carbons (Fsp3) is 0.300. The van der Waals surface area contributed by atoms with Gasteiger partial charge in [-0.15, -0.1) is 0 Å². The number of amides is 3. The number of fused-ring (bicyclic) bond motifs is 1. The summed E-state index contributed by atoms with van der Waals surface area (Å²) in [5.41, 5.74) is 7.01. The van der Waals surface area contributed by atoms with Crippen LogP contribution in [0.3, 0.4) is 0 Å². The van der Waals surface area contributed by atoms with Gasteiger partial charge in [-0.3, -0.25) is 4.79 Å². The molecule has 0 saturated heterocycles. The highest BCUT2D eigenvalue weighted by Gasteiger charge is 2.45. The molecule has 2 aromatic carbocycles. The van der Waals surface area contributed by atoms with Crippen LogP contribution in [-0.2, 0) is 6.54 Å². The lowest BCUT2D eigenvalue weighted by Crippen LogP contribution is -2.44. The Labute approximate surface area is 166 Å². The monoisotopic (exact) mass is 406 g/mol. The molecule has 1 heterocycles. The molecule has 2 aromatic rings. The van der Waals surface area contributed by atoms with Crippen molar-refractivity contribution in [3.63, 3.8) is 0 Å². The average Bonchev–Trinajstić information content (AvgIpc) is 2.65. The highest BCUT2D eigenvalue weighted by atomic mass is 19.4. The van der Waals surface area contributed by atoms with Gasteiger partial charge in [-0.2, -0.15) is 13.2 Å². The highest BCUT2D eigenvalue weighted by Crippen LogP contribution is 2.40. The van der Waals surface area contributed by atoms with Gasteiger partial charge >= 0.3 is 12.2 Å². The zero-order valence-corrected chi connectivity index (χ0v) is 16.0. The van der Waals surface area contributed by atoms with Crippen LogP contribution in [0.15, 0.2) is 42.5 Å². The smallest absolute Gasteiger partial charge is 0.376 e. The van der Waals surface area contributed by atoms with Gasteiger partial charge in [0.2, 0.25) is 5.91 Å². The Morgan fingerprint density at radius 2 is 1.86 bits per heavy atom. The Morgan fingerprint density at radius 1 is 1.17 bits per heavy atom. The van der Waals surface area contributed by atoms with E-state index < -0.39 is 30.6 Å². The van der Waals surface area contributed by atoms with Gasteiger partial charge in [0.25, 0.3) is 0 Å². The Kier molecular flexibility index (Phi) is 5.41. The van der Waals surface area contributed by atoms with E-state index in [4.69, 9.17) is 5.73 Å². The summed E-state index contributed by atoms with van der Waals surface area (Å²) in [6.45, 7) is -0.430. The molecule has 3 N–H and O–H groups in total. The summed E-state index contributed by atoms with van der Waals surface area (Å²) in [6.07, 6.45) is -4.48. The van der Waals surface area contributed by atoms with Crippen molar-refractivity contribution in [1.82, 2.24) is 4.90 Å². The topological polar surface area (TPSA) is 78.7 Å². The number of carbonyl (C=O) groups is 2. The molecule has 1 aliphatic rings. The minimum Gasteiger partial charge on any atom is -0.376 e. The Hall–Kier alpha value is -3.23. The first kappa shape index (κ1) is 20.5. The van der Waals surface area contributed by atoms with Crippen molar-refractivity contribution in [2.75, 3.05) is 30.9 Å². The van der Waals surface area contributed by atoms with Gasteiger partial charge in [0.15, 0.2) is 0 Å². The maximum Gasteiger partial charge on any atom is 0.397 e. The molecule has 0 saturated carbocycles. The molecule has 0 spiro atoms. The van der Waals surface area contributed by atoms with E-state index in [2.05, 4.69) is 5.32 Å². The van der Waals surface area contributed by atoms with Crippen LogP contribution >= 0.6 is 0 Å². The maximum atomic E-state index is 13.6. The van der Waals surface area contributed by atoms with E-state index in [9.17, 15) is 22.8 Å². The second-order valence-electron chi connectivity index (χ2n) is 7.09. The highest BCUT2D eigenvalue weighted by molar-refractivity contribution is 5.98. The summed E-state index contributed by atoms with van der Waals surface area (Å²) >= 11 is 0. The number of carbonyl (C=O) groups excluding carboxylic acids is 2. The van der Waals surface area contributed by atoms with E-state index in [-0.39, 0.29) is 17.7 Å². The first-order valence-electron chi connectivity index (χ1n) is 8.89. The standard InChI is InChI=1S/C20H21F3N4O2/c1-26(2)17-8-7-12(18(24)28)9-16(17)25-19(29)27-10-13-5-3-4-6-14(13)15(11-27)20(21,22)23/h3-9,15H,10-11H2,1-2H3,(H2,24,28)(H,25,29). The van der Waals surface area contributed by atoms with Crippen molar-refractivity contribution in [2.45, 2.75) is 18.6 Å². The van der Waals surface area contributed by atoms with Gasteiger partial charge in [-0.25, -0.2) is 4.79 Å². The number of anilines is 2. The molecule has 0 fully saturated rings. The minimum atomic E-state index is -4.48. The van der Waals surface area contributed by atoms with E-state index in [1.165, 1.54) is 18.2 Å². The summed E-state index contributed by atoms with van der Waals surface area (Å²) in [4.78, 5) is 27.1. The van der Waals surface area contributed by atoms with E-state index in [0.29, 0.717) is 16.9 Å². The number of halogens is 3. The summed E-state index contributed by atoms with van der Waals surface area (Å²) in [6, 6.07) is 10.1.